The largest absolute Gasteiger partial charge is 0.467 e. The monoisotopic (exact) mass is 271 g/mol. The second kappa shape index (κ2) is 6.42. The van der Waals surface area contributed by atoms with E-state index in [4.69, 9.17) is 4.42 Å². The molecule has 1 atom stereocenters. The lowest BCUT2D eigenvalue weighted by atomic mass is 10.1. The van der Waals surface area contributed by atoms with E-state index in [1.54, 1.807) is 11.2 Å². The van der Waals surface area contributed by atoms with Crippen LogP contribution in [0, 0.1) is 6.92 Å². The van der Waals surface area contributed by atoms with Crippen molar-refractivity contribution in [2.45, 2.75) is 32.7 Å². The zero-order valence-corrected chi connectivity index (χ0v) is 12.3. The molecule has 1 amide bonds. The van der Waals surface area contributed by atoms with Gasteiger partial charge in [0.2, 0.25) is 5.91 Å². The highest BCUT2D eigenvalue weighted by Crippen LogP contribution is 2.20. The lowest BCUT2D eigenvalue weighted by Crippen LogP contribution is -2.29. The highest BCUT2D eigenvalue weighted by Gasteiger charge is 2.18. The summed E-state index contributed by atoms with van der Waals surface area (Å²) in [5, 5.41) is 0. The smallest absolute Gasteiger partial charge is 0.223 e. The average molecular weight is 271 g/mol. The predicted octanol–water partition coefficient (Wildman–Crippen LogP) is 3.74. The van der Waals surface area contributed by atoms with Crippen molar-refractivity contribution < 1.29 is 9.21 Å². The molecule has 0 bridgehead atoms. The Kier molecular flexibility index (Phi) is 4.61. The van der Waals surface area contributed by atoms with E-state index in [-0.39, 0.29) is 11.9 Å². The molecule has 0 aliphatic heterocycles. The number of hydrogen-bond acceptors (Lipinski definition) is 2. The van der Waals surface area contributed by atoms with Gasteiger partial charge in [-0.15, -0.1) is 0 Å². The third kappa shape index (κ3) is 3.50. The summed E-state index contributed by atoms with van der Waals surface area (Å²) in [5.74, 6) is 0.951. The van der Waals surface area contributed by atoms with Crippen LogP contribution in [0.4, 0.5) is 0 Å². The zero-order chi connectivity index (χ0) is 14.5. The molecular formula is C17H21NO2. The van der Waals surface area contributed by atoms with Crippen molar-refractivity contribution in [1.29, 1.82) is 0 Å². The minimum absolute atomic E-state index is 0.0324. The minimum atomic E-state index is -0.0324. The number of rotatable bonds is 5. The first kappa shape index (κ1) is 14.4. The summed E-state index contributed by atoms with van der Waals surface area (Å²) in [5.41, 5.74) is 2.43. The molecule has 0 fully saturated rings. The Bertz CT molecular complexity index is 560. The molecule has 0 N–H and O–H groups in total. The van der Waals surface area contributed by atoms with Crippen LogP contribution in [0.1, 0.15) is 36.3 Å². The molecule has 0 saturated carbocycles. The highest BCUT2D eigenvalue weighted by atomic mass is 16.3. The third-order valence-electron chi connectivity index (χ3n) is 3.64. The standard InChI is InChI=1S/C17H21NO2/c1-13-6-4-7-15(12-13)9-10-17(19)18(3)14(2)16-8-5-11-20-16/h4-8,11-12,14H,9-10H2,1-3H3. The number of hydrogen-bond donors (Lipinski definition) is 0. The Balaban J connectivity index is 1.91. The molecule has 0 spiro atoms. The maximum absolute atomic E-state index is 12.2. The summed E-state index contributed by atoms with van der Waals surface area (Å²) < 4.78 is 5.35. The first-order valence-electron chi connectivity index (χ1n) is 6.92. The minimum Gasteiger partial charge on any atom is -0.467 e. The van der Waals surface area contributed by atoms with Crippen LogP contribution in [0.3, 0.4) is 0 Å². The van der Waals surface area contributed by atoms with Gasteiger partial charge in [-0.2, -0.15) is 0 Å². The van der Waals surface area contributed by atoms with Crippen molar-refractivity contribution in [3.63, 3.8) is 0 Å². The number of carbonyl (C=O) groups excluding carboxylic acids is 1. The summed E-state index contributed by atoms with van der Waals surface area (Å²) in [6, 6.07) is 12.0. The summed E-state index contributed by atoms with van der Waals surface area (Å²) in [6.45, 7) is 4.04. The van der Waals surface area contributed by atoms with E-state index < -0.39 is 0 Å². The van der Waals surface area contributed by atoms with E-state index in [1.165, 1.54) is 11.1 Å². The van der Waals surface area contributed by atoms with Gasteiger partial charge in [-0.1, -0.05) is 29.8 Å². The first-order chi connectivity index (χ1) is 9.58. The molecule has 2 rings (SSSR count). The van der Waals surface area contributed by atoms with Crippen LogP contribution in [0.15, 0.2) is 47.1 Å². The molecule has 1 heterocycles. The SMILES string of the molecule is Cc1cccc(CCC(=O)N(C)C(C)c2ccco2)c1. The van der Waals surface area contributed by atoms with Gasteiger partial charge >= 0.3 is 0 Å². The van der Waals surface area contributed by atoms with Gasteiger partial charge in [0, 0.05) is 13.5 Å². The van der Waals surface area contributed by atoms with Gasteiger partial charge in [0.25, 0.3) is 0 Å². The van der Waals surface area contributed by atoms with Crippen LogP contribution in [-0.4, -0.2) is 17.9 Å². The third-order valence-corrected chi connectivity index (χ3v) is 3.64. The maximum atomic E-state index is 12.2. The van der Waals surface area contributed by atoms with Gasteiger partial charge in [0.05, 0.1) is 12.3 Å². The molecule has 0 aliphatic rings. The number of aryl methyl sites for hydroxylation is 2. The van der Waals surface area contributed by atoms with E-state index in [2.05, 4.69) is 25.1 Å². The predicted molar refractivity (Wildman–Crippen MR) is 79.4 cm³/mol. The van der Waals surface area contributed by atoms with E-state index >= 15 is 0 Å². The fourth-order valence-electron chi connectivity index (χ4n) is 2.23. The molecule has 3 heteroatoms. The molecule has 0 aliphatic carbocycles. The van der Waals surface area contributed by atoms with E-state index in [9.17, 15) is 4.79 Å². The van der Waals surface area contributed by atoms with Crippen molar-refractivity contribution in [2.24, 2.45) is 0 Å². The normalized spacial score (nSPS) is 12.2. The number of amides is 1. The first-order valence-corrected chi connectivity index (χ1v) is 6.92. The van der Waals surface area contributed by atoms with E-state index in [0.29, 0.717) is 6.42 Å². The van der Waals surface area contributed by atoms with Crippen LogP contribution in [0.5, 0.6) is 0 Å². The summed E-state index contributed by atoms with van der Waals surface area (Å²) in [4.78, 5) is 14.0. The molecule has 106 valence electrons. The number of benzene rings is 1. The number of nitrogens with zero attached hydrogens (tertiary/aromatic N) is 1. The van der Waals surface area contributed by atoms with Crippen molar-refractivity contribution in [2.75, 3.05) is 7.05 Å². The van der Waals surface area contributed by atoms with Crippen molar-refractivity contribution in [3.05, 3.63) is 59.5 Å². The van der Waals surface area contributed by atoms with Crippen LogP contribution in [0.2, 0.25) is 0 Å². The summed E-state index contributed by atoms with van der Waals surface area (Å²) in [6.07, 6.45) is 2.93. The van der Waals surface area contributed by atoms with Crippen LogP contribution in [0.25, 0.3) is 0 Å². The molecule has 1 aromatic carbocycles. The van der Waals surface area contributed by atoms with Gasteiger partial charge in [-0.25, -0.2) is 0 Å². The molecule has 1 aromatic heterocycles. The fraction of sp³-hybridized carbons (Fsp3) is 0.353. The molecule has 1 unspecified atom stereocenters. The number of carbonyl (C=O) groups is 1. The lowest BCUT2D eigenvalue weighted by molar-refractivity contribution is -0.132. The molecule has 2 aromatic rings. The lowest BCUT2D eigenvalue weighted by Gasteiger charge is -2.23. The number of furan rings is 1. The molecule has 3 nitrogen and oxygen atoms in total. The molecule has 20 heavy (non-hydrogen) atoms. The maximum Gasteiger partial charge on any atom is 0.223 e. The second-order valence-electron chi connectivity index (χ2n) is 5.19. The molecule has 0 saturated heterocycles. The van der Waals surface area contributed by atoms with Gasteiger partial charge in [-0.3, -0.25) is 4.79 Å². The van der Waals surface area contributed by atoms with Gasteiger partial charge < -0.3 is 9.32 Å². The van der Waals surface area contributed by atoms with Gasteiger partial charge in [0.15, 0.2) is 0 Å². The van der Waals surface area contributed by atoms with E-state index in [0.717, 1.165) is 12.2 Å². The Morgan fingerprint density at radius 3 is 2.75 bits per heavy atom. The quantitative estimate of drug-likeness (QED) is 0.830. The Hall–Kier alpha value is -2.03. The Labute approximate surface area is 120 Å². The van der Waals surface area contributed by atoms with Crippen molar-refractivity contribution >= 4 is 5.91 Å². The Morgan fingerprint density at radius 1 is 1.30 bits per heavy atom. The van der Waals surface area contributed by atoms with Gasteiger partial charge in [-0.05, 0) is 38.0 Å². The van der Waals surface area contributed by atoms with Crippen molar-refractivity contribution in [1.82, 2.24) is 4.90 Å². The Morgan fingerprint density at radius 2 is 2.10 bits per heavy atom. The van der Waals surface area contributed by atoms with Crippen LogP contribution < -0.4 is 0 Å². The fourth-order valence-corrected chi connectivity index (χ4v) is 2.23. The topological polar surface area (TPSA) is 33.5 Å². The second-order valence-corrected chi connectivity index (χ2v) is 5.19. The highest BCUT2D eigenvalue weighted by molar-refractivity contribution is 5.76. The van der Waals surface area contributed by atoms with E-state index in [1.807, 2.05) is 32.2 Å². The van der Waals surface area contributed by atoms with Crippen molar-refractivity contribution in [3.8, 4) is 0 Å². The van der Waals surface area contributed by atoms with Gasteiger partial charge in [0.1, 0.15) is 5.76 Å². The van der Waals surface area contributed by atoms with Crippen LogP contribution in [-0.2, 0) is 11.2 Å². The molecular weight excluding hydrogens is 250 g/mol. The molecule has 0 radical (unpaired) electrons. The summed E-state index contributed by atoms with van der Waals surface area (Å²) >= 11 is 0. The zero-order valence-electron chi connectivity index (χ0n) is 12.3. The summed E-state index contributed by atoms with van der Waals surface area (Å²) in [7, 11) is 1.83. The average Bonchev–Trinajstić information content (AvgIpc) is 2.97. The van der Waals surface area contributed by atoms with Crippen LogP contribution >= 0.6 is 0 Å².